The van der Waals surface area contributed by atoms with Gasteiger partial charge in [-0.05, 0) is 24.3 Å². The average molecular weight is 228 g/mol. The van der Waals surface area contributed by atoms with Gasteiger partial charge in [-0.15, -0.1) is 0 Å². The van der Waals surface area contributed by atoms with Crippen LogP contribution in [-0.4, -0.2) is 21.0 Å². The van der Waals surface area contributed by atoms with Crippen molar-refractivity contribution in [2.45, 2.75) is 0 Å². The van der Waals surface area contributed by atoms with Crippen LogP contribution in [0.5, 0.6) is 0 Å². The predicted molar refractivity (Wildman–Crippen MR) is 61.6 cm³/mol. The highest BCUT2D eigenvalue weighted by Gasteiger charge is 2.10. The second-order valence-electron chi connectivity index (χ2n) is 3.25. The van der Waals surface area contributed by atoms with Gasteiger partial charge in [0.2, 0.25) is 5.43 Å². The van der Waals surface area contributed by atoms with Crippen molar-refractivity contribution in [2.24, 2.45) is 0 Å². The number of aromatic nitrogens is 2. The lowest BCUT2D eigenvalue weighted by atomic mass is 10.4. The summed E-state index contributed by atoms with van der Waals surface area (Å²) in [5, 5.41) is 9.11. The van der Waals surface area contributed by atoms with E-state index in [9.17, 15) is 9.59 Å². The van der Waals surface area contributed by atoms with Crippen LogP contribution >= 0.6 is 0 Å². The predicted octanol–water partition coefficient (Wildman–Crippen LogP) is 1.25. The highest BCUT2D eigenvalue weighted by atomic mass is 16.4. The minimum absolute atomic E-state index is 0.0810. The molecule has 3 aromatic rings. The smallest absolute Gasteiger partial charge is 0.354 e. The highest BCUT2D eigenvalue weighted by molar-refractivity contribution is 5.93. The minimum Gasteiger partial charge on any atom is -0.477 e. The molecule has 0 amide bonds. The van der Waals surface area contributed by atoms with E-state index in [0.717, 1.165) is 5.39 Å². The Bertz CT molecular complexity index is 624. The number of hydrogen-bond donors (Lipinski definition) is 1. The molecule has 0 radical (unpaired) electrons. The van der Waals surface area contributed by atoms with Crippen LogP contribution in [-0.2, 0) is 0 Å². The first kappa shape index (κ1) is 10.9. The number of carboxylic acid groups (broad SMARTS) is 1. The van der Waals surface area contributed by atoms with Gasteiger partial charge in [-0.3, -0.25) is 9.78 Å². The molecule has 1 aromatic carbocycles. The van der Waals surface area contributed by atoms with E-state index in [0.29, 0.717) is 5.52 Å². The fraction of sp³-hybridized carbons (Fsp3) is 0. The fourth-order valence-corrected chi connectivity index (χ4v) is 1.20. The van der Waals surface area contributed by atoms with Crippen molar-refractivity contribution in [3.63, 3.8) is 0 Å². The molecule has 0 bridgehead atoms. The maximum atomic E-state index is 10.5. The van der Waals surface area contributed by atoms with Crippen molar-refractivity contribution in [3.05, 3.63) is 58.6 Å². The van der Waals surface area contributed by atoms with Crippen LogP contribution in [0, 0.1) is 0 Å². The maximum absolute atomic E-state index is 10.5. The Labute approximate surface area is 96.1 Å². The number of carbonyl (C=O) groups is 1. The van der Waals surface area contributed by atoms with Gasteiger partial charge in [0.25, 0.3) is 0 Å². The first-order chi connectivity index (χ1) is 8.20. The topological polar surface area (TPSA) is 80.1 Å². The third-order valence-electron chi connectivity index (χ3n) is 2.09. The minimum atomic E-state index is -0.990. The van der Waals surface area contributed by atoms with Crippen LogP contribution in [0.25, 0.3) is 10.9 Å². The summed E-state index contributed by atoms with van der Waals surface area (Å²) in [6, 6.07) is 8.31. The average Bonchev–Trinajstić information content (AvgIpc) is 3.03. The Morgan fingerprint density at radius 1 is 1.06 bits per heavy atom. The maximum Gasteiger partial charge on any atom is 0.354 e. The van der Waals surface area contributed by atoms with Gasteiger partial charge in [0.05, 0.1) is 5.39 Å². The number of carboxylic acids is 1. The first-order valence-electron chi connectivity index (χ1n) is 4.84. The quantitative estimate of drug-likeness (QED) is 0.678. The Hall–Kier alpha value is -2.56. The monoisotopic (exact) mass is 228 g/mol. The molecular formula is C12H8N2O3. The van der Waals surface area contributed by atoms with Gasteiger partial charge < -0.3 is 5.11 Å². The molecule has 0 fully saturated rings. The van der Waals surface area contributed by atoms with E-state index in [4.69, 9.17) is 5.11 Å². The Balaban J connectivity index is 0.000000127. The van der Waals surface area contributed by atoms with Crippen LogP contribution in [0.1, 0.15) is 10.5 Å². The van der Waals surface area contributed by atoms with Gasteiger partial charge >= 0.3 is 5.97 Å². The van der Waals surface area contributed by atoms with E-state index in [1.165, 1.54) is 12.3 Å². The third-order valence-corrected chi connectivity index (χ3v) is 2.09. The Kier molecular flexibility index (Phi) is 2.91. The van der Waals surface area contributed by atoms with E-state index in [-0.39, 0.29) is 11.1 Å². The molecule has 0 unspecified atom stereocenters. The molecule has 0 aliphatic heterocycles. The molecule has 1 N–H and O–H groups in total. The van der Waals surface area contributed by atoms with Crippen LogP contribution in [0.4, 0.5) is 0 Å². The molecule has 5 nitrogen and oxygen atoms in total. The van der Waals surface area contributed by atoms with E-state index in [1.807, 2.05) is 0 Å². The molecule has 0 aliphatic rings. The lowest BCUT2D eigenvalue weighted by Crippen LogP contribution is -1.97. The zero-order chi connectivity index (χ0) is 12.3. The van der Waals surface area contributed by atoms with Crippen LogP contribution in [0.15, 0.2) is 47.5 Å². The lowest BCUT2D eigenvalue weighted by Gasteiger charge is -1.87. The van der Waals surface area contributed by atoms with Gasteiger partial charge in [0, 0.05) is 12.4 Å². The van der Waals surface area contributed by atoms with Crippen molar-refractivity contribution in [1.82, 2.24) is 9.97 Å². The summed E-state index contributed by atoms with van der Waals surface area (Å²) in [5.74, 6) is -0.990. The Morgan fingerprint density at radius 3 is 2.24 bits per heavy atom. The van der Waals surface area contributed by atoms with Crippen molar-refractivity contribution < 1.29 is 9.90 Å². The molecule has 84 valence electrons. The number of aromatic carboxylic acids is 1. The van der Waals surface area contributed by atoms with Gasteiger partial charge in [0.15, 0.2) is 0 Å². The molecular weight excluding hydrogens is 220 g/mol. The molecule has 5 heteroatoms. The highest BCUT2D eigenvalue weighted by Crippen LogP contribution is 2.07. The number of pyridine rings is 2. The Morgan fingerprint density at radius 2 is 1.82 bits per heavy atom. The standard InChI is InChI=1S/C6H5NO2.C6H3NO/c8-6(9)5-3-1-2-4-7-5;8-6-4-2-1-3-7-5(4)6/h1-4H,(H,8,9);1-3H. The van der Waals surface area contributed by atoms with Gasteiger partial charge in [-0.2, -0.15) is 0 Å². The number of fused-ring (bicyclic) bond motifs is 1. The normalized spacial score (nSPS) is 9.88. The number of nitrogens with zero attached hydrogens (tertiary/aromatic N) is 2. The summed E-state index contributed by atoms with van der Waals surface area (Å²) in [4.78, 5) is 28.0. The second kappa shape index (κ2) is 4.52. The molecule has 2 aromatic heterocycles. The van der Waals surface area contributed by atoms with E-state index < -0.39 is 5.97 Å². The van der Waals surface area contributed by atoms with Crippen molar-refractivity contribution in [1.29, 1.82) is 0 Å². The molecule has 0 atom stereocenters. The zero-order valence-corrected chi connectivity index (χ0v) is 8.70. The van der Waals surface area contributed by atoms with Gasteiger partial charge in [-0.1, -0.05) is 6.07 Å². The third kappa shape index (κ3) is 2.52. The molecule has 0 saturated carbocycles. The summed E-state index contributed by atoms with van der Waals surface area (Å²) < 4.78 is 0. The number of rotatable bonds is 1. The van der Waals surface area contributed by atoms with E-state index in [1.54, 1.807) is 30.5 Å². The first-order valence-corrected chi connectivity index (χ1v) is 4.84. The van der Waals surface area contributed by atoms with Crippen molar-refractivity contribution in [3.8, 4) is 0 Å². The molecule has 0 aliphatic carbocycles. The SMILES string of the molecule is O=C(O)c1ccccn1.O=c1c2cccnc12. The summed E-state index contributed by atoms with van der Waals surface area (Å²) >= 11 is 0. The largest absolute Gasteiger partial charge is 0.477 e. The van der Waals surface area contributed by atoms with Crippen LogP contribution in [0.2, 0.25) is 0 Å². The summed E-state index contributed by atoms with van der Waals surface area (Å²) in [6.45, 7) is 0. The van der Waals surface area contributed by atoms with Crippen molar-refractivity contribution in [2.75, 3.05) is 0 Å². The molecule has 0 spiro atoms. The molecule has 3 rings (SSSR count). The van der Waals surface area contributed by atoms with Crippen LogP contribution < -0.4 is 5.43 Å². The van der Waals surface area contributed by atoms with Crippen LogP contribution in [0.3, 0.4) is 0 Å². The summed E-state index contributed by atoms with van der Waals surface area (Å²) in [6.07, 6.45) is 3.08. The fourth-order valence-electron chi connectivity index (χ4n) is 1.20. The lowest BCUT2D eigenvalue weighted by molar-refractivity contribution is 0.0690. The number of hydrogen-bond acceptors (Lipinski definition) is 4. The molecule has 0 saturated heterocycles. The van der Waals surface area contributed by atoms with E-state index >= 15 is 0 Å². The van der Waals surface area contributed by atoms with E-state index in [2.05, 4.69) is 9.97 Å². The summed E-state index contributed by atoms with van der Waals surface area (Å²) in [5.41, 5.74) is 0.833. The van der Waals surface area contributed by atoms with Gasteiger partial charge in [-0.25, -0.2) is 9.78 Å². The molecule has 17 heavy (non-hydrogen) atoms. The molecule has 2 heterocycles. The van der Waals surface area contributed by atoms with Gasteiger partial charge in [0.1, 0.15) is 11.2 Å². The summed E-state index contributed by atoms with van der Waals surface area (Å²) in [7, 11) is 0. The van der Waals surface area contributed by atoms with Crippen molar-refractivity contribution >= 4 is 16.9 Å². The zero-order valence-electron chi connectivity index (χ0n) is 8.70. The second-order valence-corrected chi connectivity index (χ2v) is 3.25.